The van der Waals surface area contributed by atoms with Crippen LogP contribution >= 0.6 is 11.8 Å². The highest BCUT2D eigenvalue weighted by Crippen LogP contribution is 2.31. The molecule has 5 nitrogen and oxygen atoms in total. The number of carbonyl (C=O) groups excluding carboxylic acids is 1. The molecule has 0 aliphatic heterocycles. The number of aryl methyl sites for hydroxylation is 2. The van der Waals surface area contributed by atoms with E-state index < -0.39 is 5.25 Å². The second-order valence-corrected chi connectivity index (χ2v) is 8.86. The van der Waals surface area contributed by atoms with Crippen LogP contribution in [-0.2, 0) is 4.79 Å². The van der Waals surface area contributed by atoms with Gasteiger partial charge in [-0.25, -0.2) is 4.39 Å². The molecule has 1 heterocycles. The minimum absolute atomic E-state index is 0.126. The summed E-state index contributed by atoms with van der Waals surface area (Å²) in [7, 11) is 0. The van der Waals surface area contributed by atoms with Gasteiger partial charge in [-0.2, -0.15) is 0 Å². The number of anilines is 1. The third-order valence-electron chi connectivity index (χ3n) is 5.05. The summed E-state index contributed by atoms with van der Waals surface area (Å²) in [6, 6.07) is 21.8. The number of aromatic nitrogens is 3. The van der Waals surface area contributed by atoms with Crippen molar-refractivity contribution < 1.29 is 9.18 Å². The maximum atomic E-state index is 13.5. The molecule has 162 valence electrons. The van der Waals surface area contributed by atoms with Crippen molar-refractivity contribution in [3.05, 3.63) is 89.7 Å². The molecule has 1 aromatic heterocycles. The van der Waals surface area contributed by atoms with Crippen molar-refractivity contribution >= 4 is 23.4 Å². The predicted octanol–water partition coefficient (Wildman–Crippen LogP) is 5.81. The van der Waals surface area contributed by atoms with Crippen molar-refractivity contribution in [2.24, 2.45) is 0 Å². The Hall–Kier alpha value is -3.45. The van der Waals surface area contributed by atoms with E-state index in [0.717, 1.165) is 28.1 Å². The van der Waals surface area contributed by atoms with Crippen molar-refractivity contribution in [1.29, 1.82) is 0 Å². The van der Waals surface area contributed by atoms with E-state index in [1.54, 1.807) is 12.1 Å². The number of amides is 1. The van der Waals surface area contributed by atoms with E-state index in [-0.39, 0.29) is 11.7 Å². The number of hydrogen-bond donors (Lipinski definition) is 1. The summed E-state index contributed by atoms with van der Waals surface area (Å²) in [6.45, 7) is 5.78. The number of nitrogens with zero attached hydrogens (tertiary/aromatic N) is 3. The first-order valence-corrected chi connectivity index (χ1v) is 11.1. The summed E-state index contributed by atoms with van der Waals surface area (Å²) in [6.07, 6.45) is 0. The summed E-state index contributed by atoms with van der Waals surface area (Å²) in [5.41, 5.74) is 4.48. The first kappa shape index (κ1) is 21.8. The van der Waals surface area contributed by atoms with Gasteiger partial charge in [0, 0.05) is 16.9 Å². The number of nitrogens with one attached hydrogen (secondary N) is 1. The molecule has 7 heteroatoms. The standard InChI is InChI=1S/C25H23FN4OS/c1-16-9-10-17(2)22(15-16)27-24(31)18(3)32-25-29-28-23(19-7-5-4-6-8-19)30(25)21-13-11-20(26)12-14-21/h4-15,18H,1-3H3,(H,27,31). The predicted molar refractivity (Wildman–Crippen MR) is 127 cm³/mol. The Labute approximate surface area is 190 Å². The zero-order valence-electron chi connectivity index (χ0n) is 18.0. The van der Waals surface area contributed by atoms with Crippen LogP contribution in [0.25, 0.3) is 17.1 Å². The first-order chi connectivity index (χ1) is 15.4. The summed E-state index contributed by atoms with van der Waals surface area (Å²) in [5, 5.41) is 11.9. The quantitative estimate of drug-likeness (QED) is 0.380. The van der Waals surface area contributed by atoms with Crippen LogP contribution in [0.15, 0.2) is 78.0 Å². The number of hydrogen-bond acceptors (Lipinski definition) is 4. The fourth-order valence-electron chi connectivity index (χ4n) is 3.26. The van der Waals surface area contributed by atoms with Gasteiger partial charge < -0.3 is 5.32 Å². The lowest BCUT2D eigenvalue weighted by Gasteiger charge is -2.15. The molecule has 0 radical (unpaired) electrons. The van der Waals surface area contributed by atoms with E-state index in [0.29, 0.717) is 11.0 Å². The van der Waals surface area contributed by atoms with Gasteiger partial charge in [0.05, 0.1) is 5.25 Å². The topological polar surface area (TPSA) is 59.8 Å². The van der Waals surface area contributed by atoms with Gasteiger partial charge in [0.1, 0.15) is 5.82 Å². The Balaban J connectivity index is 1.64. The summed E-state index contributed by atoms with van der Waals surface area (Å²) in [5.74, 6) is 0.180. The molecule has 0 spiro atoms. The van der Waals surface area contributed by atoms with Gasteiger partial charge in [-0.1, -0.05) is 54.2 Å². The Morgan fingerprint density at radius 3 is 2.44 bits per heavy atom. The fourth-order valence-corrected chi connectivity index (χ4v) is 4.13. The Morgan fingerprint density at radius 2 is 1.72 bits per heavy atom. The van der Waals surface area contributed by atoms with Crippen molar-refractivity contribution in [1.82, 2.24) is 14.8 Å². The molecule has 1 atom stereocenters. The zero-order valence-corrected chi connectivity index (χ0v) is 18.9. The van der Waals surface area contributed by atoms with E-state index in [2.05, 4.69) is 15.5 Å². The van der Waals surface area contributed by atoms with E-state index in [1.807, 2.05) is 73.9 Å². The number of carbonyl (C=O) groups is 1. The smallest absolute Gasteiger partial charge is 0.237 e. The number of thioether (sulfide) groups is 1. The van der Waals surface area contributed by atoms with Gasteiger partial charge >= 0.3 is 0 Å². The van der Waals surface area contributed by atoms with Crippen molar-refractivity contribution in [2.45, 2.75) is 31.2 Å². The van der Waals surface area contributed by atoms with Crippen molar-refractivity contribution in [2.75, 3.05) is 5.32 Å². The molecule has 0 fully saturated rings. The second-order valence-electron chi connectivity index (χ2n) is 7.55. The molecular formula is C25H23FN4OS. The molecule has 1 unspecified atom stereocenters. The summed E-state index contributed by atoms with van der Waals surface area (Å²) in [4.78, 5) is 12.9. The molecule has 32 heavy (non-hydrogen) atoms. The molecule has 0 bridgehead atoms. The Bertz CT molecular complexity index is 1240. The third kappa shape index (κ3) is 4.73. The van der Waals surface area contributed by atoms with Crippen molar-refractivity contribution in [3.8, 4) is 17.1 Å². The highest BCUT2D eigenvalue weighted by atomic mass is 32.2. The highest BCUT2D eigenvalue weighted by Gasteiger charge is 2.22. The van der Waals surface area contributed by atoms with E-state index >= 15 is 0 Å². The van der Waals surface area contributed by atoms with Crippen LogP contribution in [0, 0.1) is 19.7 Å². The molecule has 0 saturated heterocycles. The highest BCUT2D eigenvalue weighted by molar-refractivity contribution is 8.00. The van der Waals surface area contributed by atoms with Gasteiger partial charge in [-0.3, -0.25) is 9.36 Å². The average Bonchev–Trinajstić information content (AvgIpc) is 3.20. The van der Waals surface area contributed by atoms with Crippen LogP contribution in [0.1, 0.15) is 18.1 Å². The largest absolute Gasteiger partial charge is 0.325 e. The van der Waals surface area contributed by atoms with E-state index in [4.69, 9.17) is 0 Å². The van der Waals surface area contributed by atoms with Gasteiger partial charge in [0.2, 0.25) is 5.91 Å². The fraction of sp³-hybridized carbons (Fsp3) is 0.160. The Morgan fingerprint density at radius 1 is 1.00 bits per heavy atom. The molecular weight excluding hydrogens is 423 g/mol. The monoisotopic (exact) mass is 446 g/mol. The lowest BCUT2D eigenvalue weighted by Crippen LogP contribution is -2.23. The van der Waals surface area contributed by atoms with Crippen LogP contribution in [0.3, 0.4) is 0 Å². The van der Waals surface area contributed by atoms with Crippen LogP contribution in [0.4, 0.5) is 10.1 Å². The number of halogens is 1. The Kier molecular flexibility index (Phi) is 6.37. The molecule has 0 saturated carbocycles. The second kappa shape index (κ2) is 9.36. The zero-order chi connectivity index (χ0) is 22.7. The molecule has 1 N–H and O–H groups in total. The molecule has 1 amide bonds. The number of benzene rings is 3. The van der Waals surface area contributed by atoms with Gasteiger partial charge in [-0.15, -0.1) is 10.2 Å². The minimum Gasteiger partial charge on any atom is -0.325 e. The van der Waals surface area contributed by atoms with Crippen molar-refractivity contribution in [3.63, 3.8) is 0 Å². The van der Waals surface area contributed by atoms with Crippen LogP contribution in [0.5, 0.6) is 0 Å². The van der Waals surface area contributed by atoms with E-state index in [9.17, 15) is 9.18 Å². The molecule has 4 aromatic rings. The molecule has 0 aliphatic carbocycles. The lowest BCUT2D eigenvalue weighted by atomic mass is 10.1. The van der Waals surface area contributed by atoms with Crippen LogP contribution in [-0.4, -0.2) is 25.9 Å². The normalized spacial score (nSPS) is 11.9. The third-order valence-corrected chi connectivity index (χ3v) is 6.10. The minimum atomic E-state index is -0.429. The molecule has 0 aliphatic rings. The van der Waals surface area contributed by atoms with Crippen LogP contribution < -0.4 is 5.32 Å². The van der Waals surface area contributed by atoms with E-state index in [1.165, 1.54) is 23.9 Å². The number of rotatable bonds is 6. The summed E-state index contributed by atoms with van der Waals surface area (Å²) < 4.78 is 15.4. The maximum absolute atomic E-state index is 13.5. The lowest BCUT2D eigenvalue weighted by molar-refractivity contribution is -0.115. The maximum Gasteiger partial charge on any atom is 0.237 e. The summed E-state index contributed by atoms with van der Waals surface area (Å²) >= 11 is 1.31. The van der Waals surface area contributed by atoms with Gasteiger partial charge in [-0.05, 0) is 62.2 Å². The average molecular weight is 447 g/mol. The SMILES string of the molecule is Cc1ccc(C)c(NC(=O)C(C)Sc2nnc(-c3ccccc3)n2-c2ccc(F)cc2)c1. The molecule has 3 aromatic carbocycles. The van der Waals surface area contributed by atoms with Gasteiger partial charge in [0.15, 0.2) is 11.0 Å². The molecule has 4 rings (SSSR count). The first-order valence-electron chi connectivity index (χ1n) is 10.2. The van der Waals surface area contributed by atoms with Gasteiger partial charge in [0.25, 0.3) is 0 Å². The van der Waals surface area contributed by atoms with Crippen LogP contribution in [0.2, 0.25) is 0 Å².